The average Bonchev–Trinajstić information content (AvgIpc) is 3.37. The lowest BCUT2D eigenvalue weighted by molar-refractivity contribution is 0.210. The van der Waals surface area contributed by atoms with E-state index < -0.39 is 0 Å². The maximum absolute atomic E-state index is 12.5. The number of aryl methyl sites for hydroxylation is 1. The van der Waals surface area contributed by atoms with Crippen LogP contribution in [-0.2, 0) is 13.1 Å². The van der Waals surface area contributed by atoms with Gasteiger partial charge in [0.15, 0.2) is 11.5 Å². The molecule has 1 unspecified atom stereocenters. The van der Waals surface area contributed by atoms with E-state index in [9.17, 15) is 4.79 Å². The molecule has 9 heteroatoms. The summed E-state index contributed by atoms with van der Waals surface area (Å²) in [7, 11) is 0. The third-order valence-electron chi connectivity index (χ3n) is 5.51. The molecule has 4 aromatic rings. The van der Waals surface area contributed by atoms with Gasteiger partial charge in [-0.05, 0) is 56.6 Å². The van der Waals surface area contributed by atoms with Crippen LogP contribution < -0.4 is 5.56 Å². The number of likely N-dealkylation sites (tertiary alicyclic amines) is 1. The summed E-state index contributed by atoms with van der Waals surface area (Å²) in [6, 6.07) is 11.2. The number of nitrogens with zero attached hydrogens (tertiary/aromatic N) is 8. The van der Waals surface area contributed by atoms with Gasteiger partial charge < -0.3 is 0 Å². The van der Waals surface area contributed by atoms with Gasteiger partial charge in [0, 0.05) is 30.1 Å². The van der Waals surface area contributed by atoms with Crippen molar-refractivity contribution >= 4 is 5.65 Å². The van der Waals surface area contributed by atoms with Crippen molar-refractivity contribution in [3.8, 4) is 11.3 Å². The van der Waals surface area contributed by atoms with Crippen molar-refractivity contribution in [2.24, 2.45) is 0 Å². The van der Waals surface area contributed by atoms with Crippen LogP contribution in [0.15, 0.2) is 53.6 Å². The summed E-state index contributed by atoms with van der Waals surface area (Å²) in [5.41, 5.74) is 3.21. The molecule has 0 N–H and O–H groups in total. The molecule has 0 bridgehead atoms. The Morgan fingerprint density at radius 1 is 1.10 bits per heavy atom. The smallest absolute Gasteiger partial charge is 0.266 e. The number of aromatic nitrogens is 7. The van der Waals surface area contributed by atoms with Crippen molar-refractivity contribution in [3.05, 3.63) is 70.7 Å². The van der Waals surface area contributed by atoms with Gasteiger partial charge in [0.2, 0.25) is 0 Å². The van der Waals surface area contributed by atoms with Crippen LogP contribution >= 0.6 is 0 Å². The molecular formula is C21H22N8O. The topological polar surface area (TPSA) is 94.1 Å². The molecule has 5 heterocycles. The molecule has 30 heavy (non-hydrogen) atoms. The molecule has 152 valence electrons. The Kier molecular flexibility index (Phi) is 4.80. The van der Waals surface area contributed by atoms with Crippen LogP contribution in [0.25, 0.3) is 16.9 Å². The first-order valence-corrected chi connectivity index (χ1v) is 10.1. The molecule has 1 aliphatic rings. The van der Waals surface area contributed by atoms with E-state index in [1.54, 1.807) is 33.7 Å². The Morgan fingerprint density at radius 3 is 2.90 bits per heavy atom. The van der Waals surface area contributed by atoms with Crippen LogP contribution in [0.3, 0.4) is 0 Å². The van der Waals surface area contributed by atoms with Crippen molar-refractivity contribution in [2.75, 3.05) is 6.54 Å². The molecule has 9 nitrogen and oxygen atoms in total. The van der Waals surface area contributed by atoms with Crippen molar-refractivity contribution in [3.63, 3.8) is 0 Å². The summed E-state index contributed by atoms with van der Waals surface area (Å²) in [6.45, 7) is 4.08. The Labute approximate surface area is 173 Å². The second kappa shape index (κ2) is 7.75. The van der Waals surface area contributed by atoms with Gasteiger partial charge in [0.25, 0.3) is 5.56 Å². The Bertz CT molecular complexity index is 1230. The minimum atomic E-state index is -0.0975. The lowest BCUT2D eigenvalue weighted by Gasteiger charge is -2.23. The molecule has 0 aliphatic carbocycles. The fourth-order valence-corrected chi connectivity index (χ4v) is 3.96. The van der Waals surface area contributed by atoms with Gasteiger partial charge in [0.1, 0.15) is 0 Å². The predicted octanol–water partition coefficient (Wildman–Crippen LogP) is 1.72. The second-order valence-corrected chi connectivity index (χ2v) is 7.61. The van der Waals surface area contributed by atoms with Crippen LogP contribution in [0.1, 0.15) is 24.4 Å². The molecule has 0 saturated carbocycles. The number of hydrogen-bond donors (Lipinski definition) is 0. The lowest BCUT2D eigenvalue weighted by Crippen LogP contribution is -2.37. The molecule has 4 aromatic heterocycles. The van der Waals surface area contributed by atoms with E-state index in [0.29, 0.717) is 13.1 Å². The maximum Gasteiger partial charge on any atom is 0.266 e. The highest BCUT2D eigenvalue weighted by atomic mass is 16.1. The van der Waals surface area contributed by atoms with Gasteiger partial charge in [0.05, 0.1) is 24.5 Å². The third-order valence-corrected chi connectivity index (χ3v) is 5.51. The molecular weight excluding hydrogens is 380 g/mol. The third kappa shape index (κ3) is 3.59. The SMILES string of the molecule is Cc1ccc2nnc(CN3CCCC3Cn3nc(-c4cccnc4)ccc3=O)n2n1. The van der Waals surface area contributed by atoms with E-state index in [4.69, 9.17) is 0 Å². The molecule has 0 aromatic carbocycles. The molecule has 1 atom stereocenters. The average molecular weight is 402 g/mol. The molecule has 0 radical (unpaired) electrons. The molecule has 1 aliphatic heterocycles. The summed E-state index contributed by atoms with van der Waals surface area (Å²) < 4.78 is 3.37. The number of pyridine rings is 1. The fraction of sp³-hybridized carbons (Fsp3) is 0.333. The van der Waals surface area contributed by atoms with Crippen LogP contribution in [0.5, 0.6) is 0 Å². The second-order valence-electron chi connectivity index (χ2n) is 7.61. The summed E-state index contributed by atoms with van der Waals surface area (Å²) in [5.74, 6) is 0.810. The first-order valence-electron chi connectivity index (χ1n) is 10.1. The van der Waals surface area contributed by atoms with Gasteiger partial charge in [-0.15, -0.1) is 10.2 Å². The number of hydrogen-bond acceptors (Lipinski definition) is 7. The summed E-state index contributed by atoms with van der Waals surface area (Å²) >= 11 is 0. The minimum Gasteiger partial charge on any atom is -0.291 e. The summed E-state index contributed by atoms with van der Waals surface area (Å²) in [4.78, 5) is 18.9. The quantitative estimate of drug-likeness (QED) is 0.502. The normalized spacial score (nSPS) is 17.0. The monoisotopic (exact) mass is 402 g/mol. The van der Waals surface area contributed by atoms with Crippen molar-refractivity contribution < 1.29 is 0 Å². The van der Waals surface area contributed by atoms with Crippen LogP contribution in [0, 0.1) is 6.92 Å². The lowest BCUT2D eigenvalue weighted by atomic mass is 10.2. The van der Waals surface area contributed by atoms with E-state index in [2.05, 4.69) is 30.3 Å². The van der Waals surface area contributed by atoms with Crippen LogP contribution in [0.4, 0.5) is 0 Å². The first-order chi connectivity index (χ1) is 14.7. The molecule has 1 fully saturated rings. The largest absolute Gasteiger partial charge is 0.291 e. The standard InChI is InChI=1S/C21H22N8O/c1-15-6-8-19-23-24-20(29(19)25-15)14-27-11-3-5-17(27)13-28-21(30)9-7-18(26-28)16-4-2-10-22-12-16/h2,4,6-10,12,17H,3,5,11,13-14H2,1H3. The van der Waals surface area contributed by atoms with Gasteiger partial charge in [-0.1, -0.05) is 0 Å². The number of rotatable bonds is 5. The van der Waals surface area contributed by atoms with E-state index in [1.807, 2.05) is 31.2 Å². The van der Waals surface area contributed by atoms with Gasteiger partial charge in [-0.2, -0.15) is 14.7 Å². The van der Waals surface area contributed by atoms with Crippen LogP contribution in [-0.4, -0.2) is 52.1 Å². The minimum absolute atomic E-state index is 0.0975. The highest BCUT2D eigenvalue weighted by Gasteiger charge is 2.27. The fourth-order valence-electron chi connectivity index (χ4n) is 3.96. The predicted molar refractivity (Wildman–Crippen MR) is 111 cm³/mol. The van der Waals surface area contributed by atoms with Crippen LogP contribution in [0.2, 0.25) is 0 Å². The highest BCUT2D eigenvalue weighted by molar-refractivity contribution is 5.56. The van der Waals surface area contributed by atoms with Gasteiger partial charge >= 0.3 is 0 Å². The zero-order valence-electron chi connectivity index (χ0n) is 16.7. The zero-order valence-corrected chi connectivity index (χ0v) is 16.7. The number of fused-ring (bicyclic) bond motifs is 1. The van der Waals surface area contributed by atoms with Crippen molar-refractivity contribution in [1.82, 2.24) is 39.5 Å². The van der Waals surface area contributed by atoms with E-state index in [0.717, 1.165) is 47.8 Å². The van der Waals surface area contributed by atoms with Gasteiger partial charge in [-0.25, -0.2) is 4.68 Å². The van der Waals surface area contributed by atoms with Crippen molar-refractivity contribution in [2.45, 2.75) is 38.9 Å². The Morgan fingerprint density at radius 2 is 2.03 bits per heavy atom. The highest BCUT2D eigenvalue weighted by Crippen LogP contribution is 2.21. The Hall–Kier alpha value is -3.46. The van der Waals surface area contributed by atoms with E-state index >= 15 is 0 Å². The zero-order chi connectivity index (χ0) is 20.5. The molecule has 1 saturated heterocycles. The first kappa shape index (κ1) is 18.6. The summed E-state index contributed by atoms with van der Waals surface area (Å²) in [5, 5.41) is 17.7. The molecule has 0 amide bonds. The van der Waals surface area contributed by atoms with Crippen molar-refractivity contribution in [1.29, 1.82) is 0 Å². The maximum atomic E-state index is 12.5. The summed E-state index contributed by atoms with van der Waals surface area (Å²) in [6.07, 6.45) is 5.56. The molecule has 0 spiro atoms. The van der Waals surface area contributed by atoms with Gasteiger partial charge in [-0.3, -0.25) is 14.7 Å². The molecule has 5 rings (SSSR count). The van der Waals surface area contributed by atoms with E-state index in [-0.39, 0.29) is 11.6 Å². The Balaban J connectivity index is 1.38. The van der Waals surface area contributed by atoms with E-state index in [1.165, 1.54) is 0 Å².